The number of benzene rings is 1. The van der Waals surface area contributed by atoms with Crippen LogP contribution >= 0.6 is 0 Å². The van der Waals surface area contributed by atoms with Gasteiger partial charge in [-0.05, 0) is 37.1 Å². The molecular formula is C14H17NO2. The first-order valence-corrected chi connectivity index (χ1v) is 5.74. The lowest BCUT2D eigenvalue weighted by molar-refractivity contribution is -0.117. The topological polar surface area (TPSA) is 40.5 Å². The smallest absolute Gasteiger partial charge is 0.227 e. The average molecular weight is 231 g/mol. The molecule has 1 aromatic carbocycles. The Bertz CT molecular complexity index is 479. The molecule has 3 heteroatoms. The summed E-state index contributed by atoms with van der Waals surface area (Å²) in [6.07, 6.45) is 0.349. The maximum atomic E-state index is 11.9. The van der Waals surface area contributed by atoms with Gasteiger partial charge in [0.05, 0.1) is 5.76 Å². The highest BCUT2D eigenvalue weighted by atomic mass is 16.3. The molecular weight excluding hydrogens is 214 g/mol. The second kappa shape index (κ2) is 4.24. The second-order valence-corrected chi connectivity index (χ2v) is 4.67. The van der Waals surface area contributed by atoms with Crippen LogP contribution < -0.4 is 4.90 Å². The zero-order valence-corrected chi connectivity index (χ0v) is 10.2. The van der Waals surface area contributed by atoms with Crippen LogP contribution in [0.2, 0.25) is 0 Å². The van der Waals surface area contributed by atoms with Crippen LogP contribution in [0, 0.1) is 19.8 Å². The Morgan fingerprint density at radius 2 is 2.12 bits per heavy atom. The predicted molar refractivity (Wildman–Crippen MR) is 68.1 cm³/mol. The number of aliphatic hydroxyl groups is 1. The number of carbonyl (C=O) groups is 1. The summed E-state index contributed by atoms with van der Waals surface area (Å²) in [5, 5.41) is 9.36. The Morgan fingerprint density at radius 1 is 1.41 bits per heavy atom. The first-order valence-electron chi connectivity index (χ1n) is 5.74. The summed E-state index contributed by atoms with van der Waals surface area (Å²) in [7, 11) is 0. The zero-order valence-electron chi connectivity index (χ0n) is 10.2. The van der Waals surface area contributed by atoms with Crippen molar-refractivity contribution in [1.82, 2.24) is 0 Å². The zero-order chi connectivity index (χ0) is 12.6. The lowest BCUT2D eigenvalue weighted by Gasteiger charge is -2.17. The van der Waals surface area contributed by atoms with Gasteiger partial charge in [0.1, 0.15) is 0 Å². The molecule has 1 unspecified atom stereocenters. The minimum Gasteiger partial charge on any atom is -0.513 e. The summed E-state index contributed by atoms with van der Waals surface area (Å²) < 4.78 is 0. The number of amides is 1. The number of hydrogen-bond acceptors (Lipinski definition) is 2. The van der Waals surface area contributed by atoms with Gasteiger partial charge in [0, 0.05) is 24.6 Å². The number of hydrogen-bond donors (Lipinski definition) is 1. The Morgan fingerprint density at radius 3 is 2.65 bits per heavy atom. The van der Waals surface area contributed by atoms with Crippen LogP contribution in [0.1, 0.15) is 17.5 Å². The molecule has 0 radical (unpaired) electrons. The van der Waals surface area contributed by atoms with Gasteiger partial charge in [-0.1, -0.05) is 12.6 Å². The van der Waals surface area contributed by atoms with E-state index in [-0.39, 0.29) is 17.6 Å². The van der Waals surface area contributed by atoms with Crippen molar-refractivity contribution in [2.75, 3.05) is 11.4 Å². The molecule has 1 aromatic rings. The van der Waals surface area contributed by atoms with Crippen LogP contribution in [0.3, 0.4) is 0 Å². The third-order valence-electron chi connectivity index (χ3n) is 3.40. The third kappa shape index (κ3) is 2.18. The number of aryl methyl sites for hydroxylation is 2. The van der Waals surface area contributed by atoms with E-state index >= 15 is 0 Å². The summed E-state index contributed by atoms with van der Waals surface area (Å²) in [5.41, 5.74) is 3.28. The molecule has 1 aliphatic rings. The summed E-state index contributed by atoms with van der Waals surface area (Å²) in [5.74, 6) is 0.0160. The van der Waals surface area contributed by atoms with Gasteiger partial charge in [-0.2, -0.15) is 0 Å². The maximum Gasteiger partial charge on any atom is 0.227 e. The molecule has 0 spiro atoms. The minimum absolute atomic E-state index is 0.0495. The molecule has 1 atom stereocenters. The molecule has 1 aliphatic heterocycles. The van der Waals surface area contributed by atoms with Crippen LogP contribution in [-0.2, 0) is 4.79 Å². The number of carbonyl (C=O) groups excluding carboxylic acids is 1. The maximum absolute atomic E-state index is 11.9. The van der Waals surface area contributed by atoms with Crippen LogP contribution in [0.5, 0.6) is 0 Å². The first kappa shape index (κ1) is 11.7. The molecule has 0 aliphatic carbocycles. The molecule has 1 fully saturated rings. The molecule has 3 nitrogen and oxygen atoms in total. The van der Waals surface area contributed by atoms with Gasteiger partial charge in [-0.15, -0.1) is 0 Å². The quantitative estimate of drug-likeness (QED) is 0.795. The normalized spacial score (nSPS) is 19.8. The summed E-state index contributed by atoms with van der Waals surface area (Å²) in [6, 6.07) is 5.97. The molecule has 1 heterocycles. The summed E-state index contributed by atoms with van der Waals surface area (Å²) in [6.45, 7) is 8.11. The highest BCUT2D eigenvalue weighted by Gasteiger charge is 2.32. The van der Waals surface area contributed by atoms with Gasteiger partial charge < -0.3 is 10.0 Å². The highest BCUT2D eigenvalue weighted by Crippen LogP contribution is 2.28. The number of anilines is 1. The van der Waals surface area contributed by atoms with E-state index < -0.39 is 0 Å². The molecule has 0 saturated carbocycles. The van der Waals surface area contributed by atoms with E-state index in [1.807, 2.05) is 32.0 Å². The monoisotopic (exact) mass is 231 g/mol. The van der Waals surface area contributed by atoms with Crippen LogP contribution in [-0.4, -0.2) is 17.6 Å². The molecule has 2 rings (SSSR count). The molecule has 0 bridgehead atoms. The van der Waals surface area contributed by atoms with E-state index in [0.717, 1.165) is 5.69 Å². The fourth-order valence-corrected chi connectivity index (χ4v) is 2.07. The van der Waals surface area contributed by atoms with Crippen molar-refractivity contribution in [2.24, 2.45) is 5.92 Å². The Kier molecular flexibility index (Phi) is 2.92. The lowest BCUT2D eigenvalue weighted by Crippen LogP contribution is -2.24. The number of rotatable bonds is 2. The van der Waals surface area contributed by atoms with Crippen LogP contribution in [0.15, 0.2) is 30.5 Å². The first-order chi connectivity index (χ1) is 7.99. The standard InChI is InChI=1S/C14H17NO2/c1-9-4-5-13(6-10(9)2)15-8-12(11(3)16)7-14(15)17/h4-6,12,16H,3,7-8H2,1-2H3. The SMILES string of the molecule is C=C(O)C1CC(=O)N(c2ccc(C)c(C)c2)C1. The van der Waals surface area contributed by atoms with Crippen LogP contribution in [0.4, 0.5) is 5.69 Å². The van der Waals surface area contributed by atoms with Crippen molar-refractivity contribution < 1.29 is 9.90 Å². The van der Waals surface area contributed by atoms with Crippen molar-refractivity contribution in [1.29, 1.82) is 0 Å². The fraction of sp³-hybridized carbons (Fsp3) is 0.357. The third-order valence-corrected chi connectivity index (χ3v) is 3.40. The van der Waals surface area contributed by atoms with Crippen molar-refractivity contribution in [3.05, 3.63) is 41.7 Å². The van der Waals surface area contributed by atoms with Gasteiger partial charge in [0.25, 0.3) is 0 Å². The Hall–Kier alpha value is -1.77. The number of nitrogens with zero attached hydrogens (tertiary/aromatic N) is 1. The van der Waals surface area contributed by atoms with E-state index in [1.54, 1.807) is 4.90 Å². The minimum atomic E-state index is -0.135. The van der Waals surface area contributed by atoms with Crippen molar-refractivity contribution in [3.8, 4) is 0 Å². The summed E-state index contributed by atoms with van der Waals surface area (Å²) >= 11 is 0. The van der Waals surface area contributed by atoms with Gasteiger partial charge in [0.2, 0.25) is 5.91 Å². The van der Waals surface area contributed by atoms with Crippen molar-refractivity contribution >= 4 is 11.6 Å². The highest BCUT2D eigenvalue weighted by molar-refractivity contribution is 5.96. The summed E-state index contributed by atoms with van der Waals surface area (Å²) in [4.78, 5) is 13.6. The van der Waals surface area contributed by atoms with E-state index in [4.69, 9.17) is 0 Å². The van der Waals surface area contributed by atoms with E-state index in [0.29, 0.717) is 13.0 Å². The van der Waals surface area contributed by atoms with E-state index in [1.165, 1.54) is 11.1 Å². The molecule has 1 amide bonds. The average Bonchev–Trinajstić information content (AvgIpc) is 2.65. The fourth-order valence-electron chi connectivity index (χ4n) is 2.07. The van der Waals surface area contributed by atoms with Gasteiger partial charge >= 0.3 is 0 Å². The van der Waals surface area contributed by atoms with Gasteiger partial charge in [-0.25, -0.2) is 0 Å². The van der Waals surface area contributed by atoms with E-state index in [2.05, 4.69) is 6.58 Å². The van der Waals surface area contributed by atoms with Gasteiger partial charge in [0.15, 0.2) is 0 Å². The molecule has 1 N–H and O–H groups in total. The predicted octanol–water partition coefficient (Wildman–Crippen LogP) is 2.73. The second-order valence-electron chi connectivity index (χ2n) is 4.67. The molecule has 90 valence electrons. The van der Waals surface area contributed by atoms with Crippen LogP contribution in [0.25, 0.3) is 0 Å². The Labute approximate surface area is 101 Å². The molecule has 1 saturated heterocycles. The van der Waals surface area contributed by atoms with Crippen molar-refractivity contribution in [2.45, 2.75) is 20.3 Å². The lowest BCUT2D eigenvalue weighted by atomic mass is 10.1. The van der Waals surface area contributed by atoms with Crippen molar-refractivity contribution in [3.63, 3.8) is 0 Å². The molecule has 17 heavy (non-hydrogen) atoms. The largest absolute Gasteiger partial charge is 0.513 e. The van der Waals surface area contributed by atoms with Gasteiger partial charge in [-0.3, -0.25) is 4.79 Å². The van der Waals surface area contributed by atoms with E-state index in [9.17, 15) is 9.90 Å². The number of aliphatic hydroxyl groups excluding tert-OH is 1. The molecule has 0 aromatic heterocycles. The Balaban J connectivity index is 2.26.